The SMILES string of the molecule is CCOC(=O)C(C#N)(NC(C)=O)c1cccc2c1CC2. The number of carbonyl (C=O) groups is 2. The Bertz CT molecular complexity index is 604. The van der Waals surface area contributed by atoms with Crippen LogP contribution < -0.4 is 5.32 Å². The highest BCUT2D eigenvalue weighted by Crippen LogP contribution is 2.34. The Hall–Kier alpha value is -2.35. The molecule has 0 bridgehead atoms. The monoisotopic (exact) mass is 272 g/mol. The zero-order chi connectivity index (χ0) is 14.8. The third-order valence-corrected chi connectivity index (χ3v) is 3.43. The van der Waals surface area contributed by atoms with Crippen LogP contribution in [0.25, 0.3) is 0 Å². The molecule has 20 heavy (non-hydrogen) atoms. The number of esters is 1. The van der Waals surface area contributed by atoms with Crippen molar-refractivity contribution in [3.63, 3.8) is 0 Å². The van der Waals surface area contributed by atoms with Crippen molar-refractivity contribution in [1.29, 1.82) is 5.26 Å². The van der Waals surface area contributed by atoms with E-state index in [9.17, 15) is 14.9 Å². The maximum absolute atomic E-state index is 12.3. The summed E-state index contributed by atoms with van der Waals surface area (Å²) in [5, 5.41) is 12.0. The van der Waals surface area contributed by atoms with Gasteiger partial charge in [-0.1, -0.05) is 18.2 Å². The van der Waals surface area contributed by atoms with Gasteiger partial charge in [-0.3, -0.25) is 4.79 Å². The average Bonchev–Trinajstić information content (AvgIpc) is 2.37. The summed E-state index contributed by atoms with van der Waals surface area (Å²) in [7, 11) is 0. The number of ether oxygens (including phenoxy) is 1. The molecule has 5 heteroatoms. The van der Waals surface area contributed by atoms with E-state index in [1.165, 1.54) is 6.92 Å². The van der Waals surface area contributed by atoms with Crippen LogP contribution in [0.1, 0.15) is 30.5 Å². The van der Waals surface area contributed by atoms with E-state index in [1.807, 2.05) is 12.1 Å². The number of benzene rings is 1. The van der Waals surface area contributed by atoms with E-state index in [-0.39, 0.29) is 6.61 Å². The molecular formula is C15H16N2O3. The van der Waals surface area contributed by atoms with Gasteiger partial charge in [0, 0.05) is 12.5 Å². The summed E-state index contributed by atoms with van der Waals surface area (Å²) in [6.07, 6.45) is 1.72. The number of nitrogens with zero attached hydrogens (tertiary/aromatic N) is 1. The summed E-state index contributed by atoms with van der Waals surface area (Å²) in [6.45, 7) is 3.09. The Morgan fingerprint density at radius 1 is 1.45 bits per heavy atom. The molecule has 2 rings (SSSR count). The van der Waals surface area contributed by atoms with Crippen LogP contribution in [0.15, 0.2) is 18.2 Å². The summed E-state index contributed by atoms with van der Waals surface area (Å²) in [5.74, 6) is -1.19. The van der Waals surface area contributed by atoms with Gasteiger partial charge in [-0.15, -0.1) is 0 Å². The minimum absolute atomic E-state index is 0.150. The van der Waals surface area contributed by atoms with E-state index in [1.54, 1.807) is 19.1 Å². The number of hydrogen-bond acceptors (Lipinski definition) is 4. The van der Waals surface area contributed by atoms with Gasteiger partial charge in [0.15, 0.2) is 0 Å². The minimum atomic E-state index is -1.76. The quantitative estimate of drug-likeness (QED) is 0.835. The van der Waals surface area contributed by atoms with E-state index in [2.05, 4.69) is 5.32 Å². The standard InChI is InChI=1S/C15H16N2O3/c1-3-20-14(19)15(9-16,17-10(2)18)13-6-4-5-11-7-8-12(11)13/h4-6H,3,7-8H2,1-2H3,(H,17,18). The second-order valence-corrected chi connectivity index (χ2v) is 4.71. The van der Waals surface area contributed by atoms with Crippen molar-refractivity contribution in [2.24, 2.45) is 0 Å². The number of rotatable bonds is 4. The lowest BCUT2D eigenvalue weighted by Crippen LogP contribution is -2.52. The number of amides is 1. The largest absolute Gasteiger partial charge is 0.463 e. The topological polar surface area (TPSA) is 79.2 Å². The zero-order valence-electron chi connectivity index (χ0n) is 11.5. The molecule has 1 amide bonds. The van der Waals surface area contributed by atoms with E-state index in [0.29, 0.717) is 5.56 Å². The average molecular weight is 272 g/mol. The van der Waals surface area contributed by atoms with Crippen LogP contribution in [0.5, 0.6) is 0 Å². The van der Waals surface area contributed by atoms with E-state index < -0.39 is 17.4 Å². The summed E-state index contributed by atoms with van der Waals surface area (Å²) in [6, 6.07) is 7.40. The highest BCUT2D eigenvalue weighted by atomic mass is 16.5. The molecule has 1 aromatic rings. The molecule has 0 radical (unpaired) electrons. The van der Waals surface area contributed by atoms with Crippen molar-refractivity contribution in [2.45, 2.75) is 32.2 Å². The third kappa shape index (κ3) is 2.14. The molecule has 0 aliphatic heterocycles. The van der Waals surface area contributed by atoms with Crippen molar-refractivity contribution in [1.82, 2.24) is 5.32 Å². The molecule has 1 aliphatic rings. The zero-order valence-corrected chi connectivity index (χ0v) is 11.5. The number of fused-ring (bicyclic) bond motifs is 1. The van der Waals surface area contributed by atoms with E-state index in [0.717, 1.165) is 24.0 Å². The minimum Gasteiger partial charge on any atom is -0.463 e. The molecule has 1 unspecified atom stereocenters. The lowest BCUT2D eigenvalue weighted by Gasteiger charge is -2.31. The highest BCUT2D eigenvalue weighted by Gasteiger charge is 2.46. The second-order valence-electron chi connectivity index (χ2n) is 4.71. The van der Waals surface area contributed by atoms with Gasteiger partial charge in [0.05, 0.1) is 6.61 Å². The summed E-state index contributed by atoms with van der Waals surface area (Å²) < 4.78 is 5.00. The molecule has 0 saturated carbocycles. The molecule has 0 saturated heterocycles. The Balaban J connectivity index is 2.56. The van der Waals surface area contributed by atoms with Crippen molar-refractivity contribution in [2.75, 3.05) is 6.61 Å². The van der Waals surface area contributed by atoms with Gasteiger partial charge in [-0.05, 0) is 30.9 Å². The molecule has 0 heterocycles. The smallest absolute Gasteiger partial charge is 0.351 e. The van der Waals surface area contributed by atoms with Crippen LogP contribution in [-0.4, -0.2) is 18.5 Å². The molecule has 1 aliphatic carbocycles. The summed E-state index contributed by atoms with van der Waals surface area (Å²) >= 11 is 0. The van der Waals surface area contributed by atoms with Gasteiger partial charge in [0.25, 0.3) is 5.54 Å². The first-order chi connectivity index (χ1) is 9.55. The molecule has 0 aromatic heterocycles. The van der Waals surface area contributed by atoms with E-state index >= 15 is 0 Å². The highest BCUT2D eigenvalue weighted by molar-refractivity contribution is 5.92. The molecule has 5 nitrogen and oxygen atoms in total. The van der Waals surface area contributed by atoms with Crippen LogP contribution in [0.3, 0.4) is 0 Å². The molecular weight excluding hydrogens is 256 g/mol. The maximum atomic E-state index is 12.3. The molecule has 1 aromatic carbocycles. The lowest BCUT2D eigenvalue weighted by molar-refractivity contribution is -0.151. The van der Waals surface area contributed by atoms with Crippen LogP contribution >= 0.6 is 0 Å². The normalized spacial score (nSPS) is 15.1. The third-order valence-electron chi connectivity index (χ3n) is 3.43. The van der Waals surface area contributed by atoms with Crippen molar-refractivity contribution in [3.05, 3.63) is 34.9 Å². The fraction of sp³-hybridized carbons (Fsp3) is 0.400. The first kappa shape index (κ1) is 14.1. The Kier molecular flexibility index (Phi) is 3.75. The number of hydrogen-bond donors (Lipinski definition) is 1. The van der Waals surface area contributed by atoms with Crippen molar-refractivity contribution < 1.29 is 14.3 Å². The Morgan fingerprint density at radius 2 is 2.20 bits per heavy atom. The number of nitrogens with one attached hydrogen (secondary N) is 1. The fourth-order valence-corrected chi connectivity index (χ4v) is 2.46. The number of nitriles is 1. The van der Waals surface area contributed by atoms with Gasteiger partial charge >= 0.3 is 5.97 Å². The predicted octanol–water partition coefficient (Wildman–Crippen LogP) is 1.20. The fourth-order valence-electron chi connectivity index (χ4n) is 2.46. The first-order valence-corrected chi connectivity index (χ1v) is 6.53. The van der Waals surface area contributed by atoms with Gasteiger partial charge < -0.3 is 10.1 Å². The van der Waals surface area contributed by atoms with Gasteiger partial charge in [-0.25, -0.2) is 4.79 Å². The molecule has 1 N–H and O–H groups in total. The van der Waals surface area contributed by atoms with Gasteiger partial charge in [0.1, 0.15) is 6.07 Å². The Labute approximate surface area is 117 Å². The lowest BCUT2D eigenvalue weighted by atomic mass is 9.77. The van der Waals surface area contributed by atoms with Crippen LogP contribution in [0.2, 0.25) is 0 Å². The van der Waals surface area contributed by atoms with E-state index in [4.69, 9.17) is 4.74 Å². The number of carbonyl (C=O) groups excluding carboxylic acids is 2. The predicted molar refractivity (Wildman–Crippen MR) is 71.6 cm³/mol. The molecule has 1 atom stereocenters. The molecule has 104 valence electrons. The molecule has 0 spiro atoms. The summed E-state index contributed by atoms with van der Waals surface area (Å²) in [5.41, 5.74) is 0.832. The number of aryl methyl sites for hydroxylation is 1. The van der Waals surface area contributed by atoms with Crippen molar-refractivity contribution in [3.8, 4) is 6.07 Å². The van der Waals surface area contributed by atoms with Gasteiger partial charge in [0.2, 0.25) is 5.91 Å². The van der Waals surface area contributed by atoms with Crippen LogP contribution in [-0.2, 0) is 32.7 Å². The first-order valence-electron chi connectivity index (χ1n) is 6.53. The van der Waals surface area contributed by atoms with Crippen LogP contribution in [0.4, 0.5) is 0 Å². The van der Waals surface area contributed by atoms with Crippen LogP contribution in [0, 0.1) is 11.3 Å². The van der Waals surface area contributed by atoms with Gasteiger partial charge in [-0.2, -0.15) is 5.26 Å². The van der Waals surface area contributed by atoms with Crippen molar-refractivity contribution >= 4 is 11.9 Å². The molecule has 0 fully saturated rings. The maximum Gasteiger partial charge on any atom is 0.351 e. The summed E-state index contributed by atoms with van der Waals surface area (Å²) in [4.78, 5) is 23.7. The second kappa shape index (κ2) is 5.33. The Morgan fingerprint density at radius 3 is 2.70 bits per heavy atom.